The zero-order valence-corrected chi connectivity index (χ0v) is 37.4. The number of nitrogens with zero attached hydrogens (tertiary/aromatic N) is 7. The van der Waals surface area contributed by atoms with Crippen molar-refractivity contribution in [2.24, 2.45) is 0 Å². The Hall–Kier alpha value is -9.21. The van der Waals surface area contributed by atoms with Crippen LogP contribution in [0.15, 0.2) is 210 Å². The summed E-state index contributed by atoms with van der Waals surface area (Å²) in [5.41, 5.74) is 16.3. The van der Waals surface area contributed by atoms with Crippen molar-refractivity contribution >= 4 is 77.2 Å². The SMILES string of the molecule is N#Cc1ccc2c(c1)c1ccccc1n2-c1ccc2c(c1)C1(c3cc(-n4c5ccc(C#N)cc5c5cc(-n6c7ccccc7c7ccccc76)ccc54)ccc3S2)c2cccnc2-c2ncccc21. The molecule has 1 aliphatic heterocycles. The van der Waals surface area contributed by atoms with E-state index in [2.05, 4.69) is 190 Å². The molecule has 0 N–H and O–H groups in total. The predicted molar refractivity (Wildman–Crippen MR) is 276 cm³/mol. The Kier molecular flexibility index (Phi) is 7.65. The molecule has 0 amide bonds. The Morgan fingerprint density at radius 2 is 0.754 bits per heavy atom. The number of rotatable bonds is 3. The minimum Gasteiger partial charge on any atom is -0.309 e. The fraction of sp³-hybridized carbons (Fsp3) is 0.0164. The predicted octanol–water partition coefficient (Wildman–Crippen LogP) is 14.3. The fourth-order valence-electron chi connectivity index (χ4n) is 11.9. The average molecular weight is 896 g/mol. The highest BCUT2D eigenvalue weighted by Crippen LogP contribution is 2.62. The summed E-state index contributed by atoms with van der Waals surface area (Å²) in [7, 11) is 0. The van der Waals surface area contributed by atoms with Crippen LogP contribution in [0.2, 0.25) is 0 Å². The Balaban J connectivity index is 0.998. The molecule has 5 aromatic heterocycles. The Bertz CT molecular complexity index is 4420. The van der Waals surface area contributed by atoms with Gasteiger partial charge in [-0.05, 0) is 144 Å². The van der Waals surface area contributed by atoms with Crippen molar-refractivity contribution in [1.82, 2.24) is 23.7 Å². The van der Waals surface area contributed by atoms with E-state index in [9.17, 15) is 10.5 Å². The summed E-state index contributed by atoms with van der Waals surface area (Å²) in [5, 5.41) is 26.8. The lowest BCUT2D eigenvalue weighted by Gasteiger charge is -2.39. The average Bonchev–Trinajstić information content (AvgIpc) is 4.12. The molecule has 0 fully saturated rings. The minimum atomic E-state index is -0.779. The van der Waals surface area contributed by atoms with Gasteiger partial charge in [-0.3, -0.25) is 9.97 Å². The topological polar surface area (TPSA) is 88.1 Å². The van der Waals surface area contributed by atoms with Crippen LogP contribution in [-0.2, 0) is 5.41 Å². The van der Waals surface area contributed by atoms with Gasteiger partial charge in [-0.2, -0.15) is 10.5 Å². The molecular formula is C61H33N7S. The summed E-state index contributed by atoms with van der Waals surface area (Å²) in [6.07, 6.45) is 3.74. The highest BCUT2D eigenvalue weighted by Gasteiger charge is 2.52. The Morgan fingerprint density at radius 3 is 1.25 bits per heavy atom. The molecule has 69 heavy (non-hydrogen) atoms. The molecule has 8 heteroatoms. The highest BCUT2D eigenvalue weighted by atomic mass is 32.2. The summed E-state index contributed by atoms with van der Waals surface area (Å²) >= 11 is 1.80. The highest BCUT2D eigenvalue weighted by molar-refractivity contribution is 7.99. The maximum atomic E-state index is 10.2. The van der Waals surface area contributed by atoms with Gasteiger partial charge in [0.25, 0.3) is 0 Å². The molecular weight excluding hydrogens is 863 g/mol. The first-order valence-electron chi connectivity index (χ1n) is 22.9. The van der Waals surface area contributed by atoms with E-state index in [4.69, 9.17) is 9.97 Å². The van der Waals surface area contributed by atoms with Gasteiger partial charge < -0.3 is 13.7 Å². The second kappa shape index (κ2) is 13.9. The van der Waals surface area contributed by atoms with Gasteiger partial charge in [0.15, 0.2) is 0 Å². The first-order chi connectivity index (χ1) is 34.1. The number of pyridine rings is 2. The van der Waals surface area contributed by atoms with Crippen molar-refractivity contribution in [3.8, 4) is 40.6 Å². The molecule has 0 saturated heterocycles. The van der Waals surface area contributed by atoms with Crippen LogP contribution in [-0.4, -0.2) is 23.7 Å². The van der Waals surface area contributed by atoms with Gasteiger partial charge in [-0.25, -0.2) is 0 Å². The van der Waals surface area contributed by atoms with Crippen LogP contribution in [0.3, 0.4) is 0 Å². The van der Waals surface area contributed by atoms with E-state index in [1.165, 1.54) is 10.8 Å². The van der Waals surface area contributed by atoms with Gasteiger partial charge >= 0.3 is 0 Å². The van der Waals surface area contributed by atoms with Gasteiger partial charge in [0.05, 0.1) is 73.2 Å². The van der Waals surface area contributed by atoms with E-state index in [0.717, 1.165) is 115 Å². The number of aromatic nitrogens is 5. The molecule has 0 atom stereocenters. The number of benzene rings is 8. The Morgan fingerprint density at radius 1 is 0.362 bits per heavy atom. The standard InChI is InChI=1S/C61H33N7S/c62-34-36-17-22-54-44(29-36)43-11-3-6-16-53(43)67(54)39-20-25-57-49(32-39)61(47-12-7-27-64-59(47)60-48(61)13-8-28-65-60)50-33-40(21-26-58(50)69-57)68-55-23-18-37(35-63)30-45(55)46-31-38(19-24-56(46)68)66-51-14-4-1-9-41(51)42-10-2-5-15-52(42)66/h1-33H. The van der Waals surface area contributed by atoms with Crippen LogP contribution >= 0.6 is 11.8 Å². The molecule has 0 radical (unpaired) electrons. The molecule has 15 rings (SSSR count). The lowest BCUT2D eigenvalue weighted by molar-refractivity contribution is 0.717. The molecule has 6 heterocycles. The molecule has 13 aromatic rings. The zero-order chi connectivity index (χ0) is 45.5. The van der Waals surface area contributed by atoms with Crippen molar-refractivity contribution in [3.05, 3.63) is 234 Å². The maximum absolute atomic E-state index is 10.2. The van der Waals surface area contributed by atoms with Gasteiger partial charge in [-0.15, -0.1) is 0 Å². The van der Waals surface area contributed by atoms with E-state index in [1.54, 1.807) is 11.8 Å². The number of nitriles is 2. The van der Waals surface area contributed by atoms with E-state index in [-0.39, 0.29) is 0 Å². The number of fused-ring (bicyclic) bond motifs is 18. The Labute approximate surface area is 399 Å². The number of hydrogen-bond donors (Lipinski definition) is 0. The van der Waals surface area contributed by atoms with E-state index >= 15 is 0 Å². The van der Waals surface area contributed by atoms with Crippen LogP contribution in [0, 0.1) is 22.7 Å². The molecule has 318 valence electrons. The maximum Gasteiger partial charge on any atom is 0.0991 e. The van der Waals surface area contributed by atoms with E-state index < -0.39 is 5.41 Å². The fourth-order valence-corrected chi connectivity index (χ4v) is 13.0. The largest absolute Gasteiger partial charge is 0.309 e. The van der Waals surface area contributed by atoms with Crippen LogP contribution in [0.5, 0.6) is 0 Å². The van der Waals surface area contributed by atoms with Crippen LogP contribution in [0.4, 0.5) is 0 Å². The summed E-state index contributed by atoms with van der Waals surface area (Å²) in [4.78, 5) is 12.5. The molecule has 0 bridgehead atoms. The first kappa shape index (κ1) is 38.0. The summed E-state index contributed by atoms with van der Waals surface area (Å²) < 4.78 is 7.05. The molecule has 0 saturated carbocycles. The van der Waals surface area contributed by atoms with Crippen LogP contribution < -0.4 is 0 Å². The molecule has 7 nitrogen and oxygen atoms in total. The monoisotopic (exact) mass is 895 g/mol. The van der Waals surface area contributed by atoms with E-state index in [1.807, 2.05) is 36.7 Å². The van der Waals surface area contributed by atoms with E-state index in [0.29, 0.717) is 11.1 Å². The van der Waals surface area contributed by atoms with Crippen molar-refractivity contribution in [2.45, 2.75) is 15.2 Å². The summed E-state index contributed by atoms with van der Waals surface area (Å²) in [6.45, 7) is 0. The van der Waals surface area contributed by atoms with Crippen molar-refractivity contribution in [1.29, 1.82) is 10.5 Å². The first-order valence-corrected chi connectivity index (χ1v) is 23.7. The molecule has 0 unspecified atom stereocenters. The normalized spacial score (nSPS) is 13.2. The second-order valence-corrected chi connectivity index (χ2v) is 19.0. The summed E-state index contributed by atoms with van der Waals surface area (Å²) in [6, 6.07) is 71.6. The lowest BCUT2D eigenvalue weighted by atomic mass is 9.67. The van der Waals surface area contributed by atoms with Gasteiger partial charge in [0.1, 0.15) is 0 Å². The smallest absolute Gasteiger partial charge is 0.0991 e. The minimum absolute atomic E-state index is 0.616. The van der Waals surface area contributed by atoms with Crippen LogP contribution in [0.1, 0.15) is 33.4 Å². The van der Waals surface area contributed by atoms with Crippen molar-refractivity contribution in [2.75, 3.05) is 0 Å². The third kappa shape index (κ3) is 5.00. The quantitative estimate of drug-likeness (QED) is 0.176. The molecule has 1 spiro atoms. The van der Waals surface area contributed by atoms with Gasteiger partial charge in [0.2, 0.25) is 0 Å². The van der Waals surface area contributed by atoms with Gasteiger partial charge in [-0.1, -0.05) is 78.5 Å². The zero-order valence-electron chi connectivity index (χ0n) is 36.6. The van der Waals surface area contributed by atoms with Crippen molar-refractivity contribution < 1.29 is 0 Å². The third-order valence-electron chi connectivity index (χ3n) is 14.6. The molecule has 2 aliphatic rings. The van der Waals surface area contributed by atoms with Crippen molar-refractivity contribution in [3.63, 3.8) is 0 Å². The summed E-state index contributed by atoms with van der Waals surface area (Å²) in [5.74, 6) is 0. The third-order valence-corrected chi connectivity index (χ3v) is 15.8. The van der Waals surface area contributed by atoms with Crippen LogP contribution in [0.25, 0.3) is 93.9 Å². The van der Waals surface area contributed by atoms with Gasteiger partial charge in [0, 0.05) is 71.6 Å². The number of hydrogen-bond acceptors (Lipinski definition) is 5. The lowest BCUT2D eigenvalue weighted by Crippen LogP contribution is -2.32. The number of para-hydroxylation sites is 3. The molecule has 1 aliphatic carbocycles. The molecule has 8 aromatic carbocycles. The second-order valence-electron chi connectivity index (χ2n) is 18.0.